The van der Waals surface area contributed by atoms with E-state index in [2.05, 4.69) is 4.98 Å². The van der Waals surface area contributed by atoms with Gasteiger partial charge in [-0.3, -0.25) is 0 Å². The standard InChI is InChI=1S/C23H13F7N2O2/c24-13-6-7-15(17(10-13)23(28,29)30)14-3-1-2-4-16(14)20-31-18-9-12(21(33)34)5-8-19(18)32(20)11-22(25,26)27/h1-10H,11H2,(H,33,34). The van der Waals surface area contributed by atoms with Gasteiger partial charge in [0, 0.05) is 5.56 Å². The smallest absolute Gasteiger partial charge is 0.417 e. The van der Waals surface area contributed by atoms with Crippen LogP contribution >= 0.6 is 0 Å². The van der Waals surface area contributed by atoms with Crippen LogP contribution in [0.5, 0.6) is 0 Å². The second-order valence-electron chi connectivity index (χ2n) is 7.38. The molecule has 3 aromatic carbocycles. The normalized spacial score (nSPS) is 12.3. The molecule has 4 rings (SSSR count). The first-order valence-corrected chi connectivity index (χ1v) is 9.62. The highest BCUT2D eigenvalue weighted by molar-refractivity contribution is 5.94. The topological polar surface area (TPSA) is 55.1 Å². The molecular formula is C23H13F7N2O2. The summed E-state index contributed by atoms with van der Waals surface area (Å²) >= 11 is 0. The molecule has 0 spiro atoms. The second-order valence-corrected chi connectivity index (χ2v) is 7.38. The predicted molar refractivity (Wildman–Crippen MR) is 109 cm³/mol. The number of fused-ring (bicyclic) bond motifs is 1. The van der Waals surface area contributed by atoms with E-state index in [1.54, 1.807) is 0 Å². The highest BCUT2D eigenvalue weighted by atomic mass is 19.4. The molecule has 34 heavy (non-hydrogen) atoms. The minimum absolute atomic E-state index is 0.0534. The first kappa shape index (κ1) is 23.3. The molecule has 0 bridgehead atoms. The monoisotopic (exact) mass is 482 g/mol. The number of carboxylic acid groups (broad SMARTS) is 1. The summed E-state index contributed by atoms with van der Waals surface area (Å²) in [5.41, 5.74) is -2.29. The molecule has 0 aliphatic carbocycles. The Balaban J connectivity index is 2.02. The van der Waals surface area contributed by atoms with Gasteiger partial charge in [-0.1, -0.05) is 30.3 Å². The van der Waals surface area contributed by atoms with Crippen LogP contribution in [0.25, 0.3) is 33.5 Å². The molecule has 1 aromatic heterocycles. The summed E-state index contributed by atoms with van der Waals surface area (Å²) in [7, 11) is 0. The van der Waals surface area contributed by atoms with Crippen molar-refractivity contribution < 1.29 is 40.6 Å². The van der Waals surface area contributed by atoms with Gasteiger partial charge in [0.2, 0.25) is 0 Å². The highest BCUT2D eigenvalue weighted by Gasteiger charge is 2.35. The Kier molecular flexibility index (Phi) is 5.58. The lowest BCUT2D eigenvalue weighted by Gasteiger charge is -2.17. The molecule has 1 N–H and O–H groups in total. The molecule has 0 unspecified atom stereocenters. The molecular weight excluding hydrogens is 469 g/mol. The molecule has 0 fully saturated rings. The summed E-state index contributed by atoms with van der Waals surface area (Å²) in [5, 5.41) is 9.19. The molecule has 0 saturated carbocycles. The van der Waals surface area contributed by atoms with E-state index < -0.39 is 41.8 Å². The van der Waals surface area contributed by atoms with E-state index in [1.165, 1.54) is 24.3 Å². The molecule has 0 aliphatic heterocycles. The number of alkyl halides is 6. The van der Waals surface area contributed by atoms with Crippen molar-refractivity contribution in [2.24, 2.45) is 0 Å². The Hall–Kier alpha value is -3.89. The average Bonchev–Trinajstić information content (AvgIpc) is 3.09. The van der Waals surface area contributed by atoms with Gasteiger partial charge in [-0.05, 0) is 41.5 Å². The number of halogens is 7. The number of imidazole rings is 1. The molecule has 11 heteroatoms. The van der Waals surface area contributed by atoms with Crippen molar-refractivity contribution in [2.75, 3.05) is 0 Å². The zero-order chi connectivity index (χ0) is 24.8. The first-order chi connectivity index (χ1) is 15.8. The van der Waals surface area contributed by atoms with E-state index in [1.807, 2.05) is 0 Å². The number of benzene rings is 3. The summed E-state index contributed by atoms with van der Waals surface area (Å²) in [6.07, 6.45) is -9.65. The van der Waals surface area contributed by atoms with Crippen LogP contribution in [0.4, 0.5) is 30.7 Å². The number of aromatic carboxylic acids is 1. The van der Waals surface area contributed by atoms with Crippen LogP contribution in [0.1, 0.15) is 15.9 Å². The van der Waals surface area contributed by atoms with E-state index in [0.717, 1.165) is 34.9 Å². The van der Waals surface area contributed by atoms with Gasteiger partial charge in [0.15, 0.2) is 0 Å². The van der Waals surface area contributed by atoms with E-state index in [9.17, 15) is 40.6 Å². The maximum Gasteiger partial charge on any atom is 0.417 e. The predicted octanol–water partition coefficient (Wildman–Crippen LogP) is 6.79. The molecule has 0 saturated heterocycles. The van der Waals surface area contributed by atoms with E-state index in [4.69, 9.17) is 0 Å². The van der Waals surface area contributed by atoms with Crippen molar-refractivity contribution in [3.63, 3.8) is 0 Å². The number of hydrogen-bond acceptors (Lipinski definition) is 2. The fourth-order valence-corrected chi connectivity index (χ4v) is 3.71. The van der Waals surface area contributed by atoms with Crippen molar-refractivity contribution in [1.29, 1.82) is 0 Å². The van der Waals surface area contributed by atoms with Crippen LogP contribution in [0.3, 0.4) is 0 Å². The van der Waals surface area contributed by atoms with Gasteiger partial charge in [-0.15, -0.1) is 0 Å². The number of aromatic nitrogens is 2. The van der Waals surface area contributed by atoms with Crippen molar-refractivity contribution in [1.82, 2.24) is 9.55 Å². The van der Waals surface area contributed by atoms with E-state index in [0.29, 0.717) is 6.07 Å². The van der Waals surface area contributed by atoms with Crippen molar-refractivity contribution >= 4 is 17.0 Å². The van der Waals surface area contributed by atoms with Crippen LogP contribution in [0.15, 0.2) is 60.7 Å². The lowest BCUT2D eigenvalue weighted by atomic mass is 9.94. The second kappa shape index (κ2) is 8.15. The van der Waals surface area contributed by atoms with Crippen LogP contribution in [0.2, 0.25) is 0 Å². The number of nitrogens with zero attached hydrogens (tertiary/aromatic N) is 2. The van der Waals surface area contributed by atoms with Crippen LogP contribution in [0, 0.1) is 5.82 Å². The Labute approximate surface area is 186 Å². The van der Waals surface area contributed by atoms with Gasteiger partial charge in [-0.25, -0.2) is 14.2 Å². The highest BCUT2D eigenvalue weighted by Crippen LogP contribution is 2.41. The van der Waals surface area contributed by atoms with E-state index >= 15 is 0 Å². The van der Waals surface area contributed by atoms with Gasteiger partial charge >= 0.3 is 18.3 Å². The van der Waals surface area contributed by atoms with Gasteiger partial charge in [0.1, 0.15) is 18.2 Å². The Morgan fingerprint density at radius 2 is 1.56 bits per heavy atom. The molecule has 4 nitrogen and oxygen atoms in total. The van der Waals surface area contributed by atoms with Crippen molar-refractivity contribution in [3.8, 4) is 22.5 Å². The minimum atomic E-state index is -4.94. The lowest BCUT2D eigenvalue weighted by Crippen LogP contribution is -2.18. The number of carbonyl (C=O) groups is 1. The largest absolute Gasteiger partial charge is 0.478 e. The zero-order valence-corrected chi connectivity index (χ0v) is 16.9. The minimum Gasteiger partial charge on any atom is -0.478 e. The molecule has 1 heterocycles. The van der Waals surface area contributed by atoms with Gasteiger partial charge in [0.25, 0.3) is 0 Å². The Morgan fingerprint density at radius 1 is 0.882 bits per heavy atom. The summed E-state index contributed by atoms with van der Waals surface area (Å²) in [6.45, 7) is -1.52. The van der Waals surface area contributed by atoms with Gasteiger partial charge in [0.05, 0.1) is 22.2 Å². The summed E-state index contributed by atoms with van der Waals surface area (Å²) in [6, 6.07) is 10.7. The SMILES string of the molecule is O=C(O)c1ccc2c(c1)nc(-c1ccccc1-c1ccc(F)cc1C(F)(F)F)n2CC(F)(F)F. The fraction of sp³-hybridized carbons (Fsp3) is 0.130. The Morgan fingerprint density at radius 3 is 2.18 bits per heavy atom. The summed E-state index contributed by atoms with van der Waals surface area (Å²) in [5.74, 6) is -2.77. The van der Waals surface area contributed by atoms with Crippen LogP contribution in [-0.2, 0) is 12.7 Å². The molecule has 176 valence electrons. The molecule has 0 radical (unpaired) electrons. The quantitative estimate of drug-likeness (QED) is 0.326. The van der Waals surface area contributed by atoms with Crippen LogP contribution in [-0.4, -0.2) is 26.8 Å². The zero-order valence-electron chi connectivity index (χ0n) is 16.9. The third kappa shape index (κ3) is 4.45. The van der Waals surface area contributed by atoms with Gasteiger partial charge < -0.3 is 9.67 Å². The van der Waals surface area contributed by atoms with Crippen LogP contribution < -0.4 is 0 Å². The maximum atomic E-state index is 13.6. The summed E-state index contributed by atoms with van der Waals surface area (Å²) in [4.78, 5) is 15.4. The average molecular weight is 482 g/mol. The number of hydrogen-bond donors (Lipinski definition) is 1. The lowest BCUT2D eigenvalue weighted by molar-refractivity contribution is -0.139. The Bertz CT molecular complexity index is 1400. The molecule has 4 aromatic rings. The fourth-order valence-electron chi connectivity index (χ4n) is 3.71. The molecule has 0 amide bonds. The number of rotatable bonds is 4. The van der Waals surface area contributed by atoms with Gasteiger partial charge in [-0.2, -0.15) is 26.3 Å². The first-order valence-electron chi connectivity index (χ1n) is 9.62. The molecule has 0 atom stereocenters. The maximum absolute atomic E-state index is 13.6. The van der Waals surface area contributed by atoms with Crippen molar-refractivity contribution in [3.05, 3.63) is 77.6 Å². The molecule has 0 aliphatic rings. The van der Waals surface area contributed by atoms with Crippen molar-refractivity contribution in [2.45, 2.75) is 18.9 Å². The van der Waals surface area contributed by atoms with E-state index in [-0.39, 0.29) is 33.5 Å². The summed E-state index contributed by atoms with van der Waals surface area (Å²) < 4.78 is 95.5. The third-order valence-corrected chi connectivity index (χ3v) is 5.08. The third-order valence-electron chi connectivity index (χ3n) is 5.08. The number of carboxylic acids is 1.